The highest BCUT2D eigenvalue weighted by molar-refractivity contribution is 5.74. The van der Waals surface area contributed by atoms with Crippen molar-refractivity contribution in [2.75, 3.05) is 13.2 Å². The molecule has 4 rings (SSSR count). The summed E-state index contributed by atoms with van der Waals surface area (Å²) in [5.74, 6) is 1.10. The number of para-hydroxylation sites is 1. The lowest BCUT2D eigenvalue weighted by atomic mass is 9.83. The van der Waals surface area contributed by atoms with Crippen LogP contribution in [-0.2, 0) is 4.79 Å². The third-order valence-electron chi connectivity index (χ3n) is 5.83. The summed E-state index contributed by atoms with van der Waals surface area (Å²) in [6.07, 6.45) is 0.887. The molecule has 1 heterocycles. The highest BCUT2D eigenvalue weighted by Gasteiger charge is 2.31. The van der Waals surface area contributed by atoms with Gasteiger partial charge in [-0.3, -0.25) is 0 Å². The Morgan fingerprint density at radius 3 is 2.50 bits per heavy atom. The number of hydrogen-bond donors (Lipinski definition) is 1. The summed E-state index contributed by atoms with van der Waals surface area (Å²) in [7, 11) is 0. The van der Waals surface area contributed by atoms with Gasteiger partial charge in [0.1, 0.15) is 34.6 Å². The van der Waals surface area contributed by atoms with Crippen molar-refractivity contribution in [3.8, 4) is 29.1 Å². The number of allylic oxidation sites excluding steroid dienone is 1. The van der Waals surface area contributed by atoms with E-state index in [1.165, 1.54) is 0 Å². The first-order valence-electron chi connectivity index (χ1n) is 11.7. The molecule has 0 saturated heterocycles. The van der Waals surface area contributed by atoms with E-state index in [1.807, 2.05) is 63.2 Å². The maximum Gasteiger partial charge on any atom is 0.349 e. The Hall–Kier alpha value is -4.44. The van der Waals surface area contributed by atoms with E-state index in [0.29, 0.717) is 29.4 Å². The monoisotopic (exact) mass is 484 g/mol. The molecule has 1 aliphatic heterocycles. The standard InChI is InChI=1S/C29H28N2O5/c1-4-13-33-21-10-6-9-20(14-21)27-23-12-11-22(15-25(23)36-29(31)24(27)16-30)35-26(32)17-34-28-18(2)7-5-8-19(28)3/h5-12,14-15,27H,4,13,17,31H2,1-3H3. The van der Waals surface area contributed by atoms with Crippen LogP contribution in [0.25, 0.3) is 0 Å². The predicted molar refractivity (Wildman–Crippen MR) is 135 cm³/mol. The predicted octanol–water partition coefficient (Wildman–Crippen LogP) is 5.29. The SMILES string of the molecule is CCCOc1cccc(C2C(C#N)=C(N)Oc3cc(OC(=O)COc4c(C)cccc4C)ccc32)c1. The van der Waals surface area contributed by atoms with Crippen molar-refractivity contribution in [2.45, 2.75) is 33.1 Å². The minimum Gasteiger partial charge on any atom is -0.494 e. The van der Waals surface area contributed by atoms with Crippen molar-refractivity contribution in [3.63, 3.8) is 0 Å². The van der Waals surface area contributed by atoms with Crippen molar-refractivity contribution < 1.29 is 23.7 Å². The number of carbonyl (C=O) groups excluding carboxylic acids is 1. The highest BCUT2D eigenvalue weighted by atomic mass is 16.6. The third kappa shape index (κ3) is 5.28. The van der Waals surface area contributed by atoms with Gasteiger partial charge >= 0.3 is 5.97 Å². The summed E-state index contributed by atoms with van der Waals surface area (Å²) >= 11 is 0. The Labute approximate surface area is 210 Å². The molecule has 7 heteroatoms. The van der Waals surface area contributed by atoms with Gasteiger partial charge in [0.15, 0.2) is 6.61 Å². The second-order valence-electron chi connectivity index (χ2n) is 8.53. The van der Waals surface area contributed by atoms with Gasteiger partial charge in [0, 0.05) is 11.6 Å². The number of fused-ring (bicyclic) bond motifs is 1. The van der Waals surface area contributed by atoms with Crippen LogP contribution >= 0.6 is 0 Å². The lowest BCUT2D eigenvalue weighted by Crippen LogP contribution is -2.22. The maximum atomic E-state index is 12.5. The van der Waals surface area contributed by atoms with Crippen molar-refractivity contribution >= 4 is 5.97 Å². The largest absolute Gasteiger partial charge is 0.494 e. The molecule has 0 aromatic heterocycles. The Bertz CT molecular complexity index is 1340. The second-order valence-corrected chi connectivity index (χ2v) is 8.53. The highest BCUT2D eigenvalue weighted by Crippen LogP contribution is 2.44. The topological polar surface area (TPSA) is 104 Å². The van der Waals surface area contributed by atoms with Gasteiger partial charge < -0.3 is 24.7 Å². The first-order valence-corrected chi connectivity index (χ1v) is 11.7. The van der Waals surface area contributed by atoms with Gasteiger partial charge in [-0.2, -0.15) is 5.26 Å². The summed E-state index contributed by atoms with van der Waals surface area (Å²) in [6, 6.07) is 20.6. The van der Waals surface area contributed by atoms with Crippen molar-refractivity contribution in [1.82, 2.24) is 0 Å². The first-order chi connectivity index (χ1) is 17.4. The van der Waals surface area contributed by atoms with Crippen molar-refractivity contribution in [2.24, 2.45) is 5.73 Å². The summed E-state index contributed by atoms with van der Waals surface area (Å²) < 4.78 is 22.7. The zero-order valence-corrected chi connectivity index (χ0v) is 20.5. The number of aryl methyl sites for hydroxylation is 2. The molecule has 184 valence electrons. The summed E-state index contributed by atoms with van der Waals surface area (Å²) in [6.45, 7) is 6.24. The van der Waals surface area contributed by atoms with Gasteiger partial charge in [-0.25, -0.2) is 4.79 Å². The Kier molecular flexibility index (Phi) is 7.45. The molecule has 0 aliphatic carbocycles. The van der Waals surface area contributed by atoms with Crippen LogP contribution in [0, 0.1) is 25.2 Å². The van der Waals surface area contributed by atoms with E-state index in [4.69, 9.17) is 24.7 Å². The first kappa shape index (κ1) is 24.7. The Morgan fingerprint density at radius 1 is 1.03 bits per heavy atom. The lowest BCUT2D eigenvalue weighted by molar-refractivity contribution is -0.136. The number of ether oxygens (including phenoxy) is 4. The quantitative estimate of drug-likeness (QED) is 0.342. The molecule has 1 aliphatic rings. The summed E-state index contributed by atoms with van der Waals surface area (Å²) in [5, 5.41) is 9.81. The molecule has 3 aromatic carbocycles. The number of carbonyl (C=O) groups is 1. The molecule has 0 radical (unpaired) electrons. The van der Waals surface area contributed by atoms with Gasteiger partial charge in [0.25, 0.3) is 0 Å². The molecule has 2 N–H and O–H groups in total. The zero-order valence-electron chi connectivity index (χ0n) is 20.5. The number of esters is 1. The van der Waals surface area contributed by atoms with Gasteiger partial charge in [-0.05, 0) is 55.2 Å². The van der Waals surface area contributed by atoms with Crippen LogP contribution in [0.3, 0.4) is 0 Å². The number of nitrogens with zero attached hydrogens (tertiary/aromatic N) is 1. The van der Waals surface area contributed by atoms with Crippen LogP contribution in [0.4, 0.5) is 0 Å². The molecule has 3 aromatic rings. The van der Waals surface area contributed by atoms with E-state index in [9.17, 15) is 10.1 Å². The van der Waals surface area contributed by atoms with Gasteiger partial charge in [-0.15, -0.1) is 0 Å². The molecule has 0 saturated carbocycles. The van der Waals surface area contributed by atoms with Crippen molar-refractivity contribution in [1.29, 1.82) is 5.26 Å². The number of benzene rings is 3. The van der Waals surface area contributed by atoms with Gasteiger partial charge in [0.2, 0.25) is 5.88 Å². The van der Waals surface area contributed by atoms with Gasteiger partial charge in [-0.1, -0.05) is 43.3 Å². The normalized spacial score (nSPS) is 14.3. The smallest absolute Gasteiger partial charge is 0.349 e. The van der Waals surface area contributed by atoms with E-state index < -0.39 is 11.9 Å². The fraction of sp³-hybridized carbons (Fsp3) is 0.241. The van der Waals surface area contributed by atoms with E-state index in [-0.39, 0.29) is 18.2 Å². The van der Waals surface area contributed by atoms with Gasteiger partial charge in [0.05, 0.1) is 12.5 Å². The fourth-order valence-corrected chi connectivity index (χ4v) is 4.16. The molecule has 0 fully saturated rings. The molecule has 0 bridgehead atoms. The number of hydrogen-bond acceptors (Lipinski definition) is 7. The van der Waals surface area contributed by atoms with Crippen LogP contribution in [0.5, 0.6) is 23.0 Å². The van der Waals surface area contributed by atoms with E-state index in [0.717, 1.165) is 28.7 Å². The number of rotatable bonds is 8. The summed E-state index contributed by atoms with van der Waals surface area (Å²) in [4.78, 5) is 12.5. The van der Waals surface area contributed by atoms with Crippen LogP contribution in [-0.4, -0.2) is 19.2 Å². The van der Waals surface area contributed by atoms with Crippen LogP contribution in [0.2, 0.25) is 0 Å². The number of nitriles is 1. The number of nitrogens with two attached hydrogens (primary N) is 1. The van der Waals surface area contributed by atoms with E-state index in [1.54, 1.807) is 18.2 Å². The van der Waals surface area contributed by atoms with E-state index >= 15 is 0 Å². The van der Waals surface area contributed by atoms with Crippen LogP contribution in [0.15, 0.2) is 72.1 Å². The van der Waals surface area contributed by atoms with Crippen LogP contribution < -0.4 is 24.7 Å². The average molecular weight is 485 g/mol. The fourth-order valence-electron chi connectivity index (χ4n) is 4.16. The minimum atomic E-state index is -0.549. The molecular weight excluding hydrogens is 456 g/mol. The Balaban J connectivity index is 1.55. The molecule has 1 unspecified atom stereocenters. The van der Waals surface area contributed by atoms with Crippen molar-refractivity contribution in [3.05, 3.63) is 94.4 Å². The lowest BCUT2D eigenvalue weighted by Gasteiger charge is -2.27. The van der Waals surface area contributed by atoms with E-state index in [2.05, 4.69) is 6.07 Å². The molecule has 0 spiro atoms. The zero-order chi connectivity index (χ0) is 25.7. The average Bonchev–Trinajstić information content (AvgIpc) is 2.86. The third-order valence-corrected chi connectivity index (χ3v) is 5.83. The molecule has 7 nitrogen and oxygen atoms in total. The Morgan fingerprint density at radius 2 is 1.78 bits per heavy atom. The molecule has 36 heavy (non-hydrogen) atoms. The maximum absolute atomic E-state index is 12.5. The second kappa shape index (κ2) is 10.9. The summed E-state index contributed by atoms with van der Waals surface area (Å²) in [5.41, 5.74) is 9.89. The molecule has 0 amide bonds. The minimum absolute atomic E-state index is 0.0108. The van der Waals surface area contributed by atoms with Crippen LogP contribution in [0.1, 0.15) is 41.5 Å². The molecular formula is C29H28N2O5. The molecule has 1 atom stereocenters.